The lowest BCUT2D eigenvalue weighted by Crippen LogP contribution is -2.51. The van der Waals surface area contributed by atoms with Crippen LogP contribution < -0.4 is 5.32 Å². The van der Waals surface area contributed by atoms with E-state index in [4.69, 9.17) is 16.3 Å². The fraction of sp³-hybridized carbons (Fsp3) is 0.435. The molecule has 5 atom stereocenters. The second kappa shape index (κ2) is 8.01. The summed E-state index contributed by atoms with van der Waals surface area (Å²) in [6, 6.07) is 6.83. The minimum atomic E-state index is -3.89. The highest BCUT2D eigenvalue weighted by molar-refractivity contribution is 7.92. The van der Waals surface area contributed by atoms with Gasteiger partial charge in [0, 0.05) is 17.3 Å². The van der Waals surface area contributed by atoms with Crippen LogP contribution in [0.2, 0.25) is 5.02 Å². The summed E-state index contributed by atoms with van der Waals surface area (Å²) in [6.07, 6.45) is 1.88. The molecule has 0 aromatic heterocycles. The number of nitrogens with one attached hydrogen (secondary N) is 1. The third-order valence-electron chi connectivity index (χ3n) is 7.23. The average molecular weight is 498 g/mol. The molecule has 1 amide bonds. The van der Waals surface area contributed by atoms with Crippen molar-refractivity contribution >= 4 is 33.0 Å². The van der Waals surface area contributed by atoms with Crippen LogP contribution in [0.5, 0.6) is 0 Å². The Hall–Kier alpha value is -2.07. The maximum absolute atomic E-state index is 13.5. The molecule has 10 heteroatoms. The van der Waals surface area contributed by atoms with Gasteiger partial charge >= 0.3 is 0 Å². The summed E-state index contributed by atoms with van der Waals surface area (Å²) >= 11 is 6.24. The van der Waals surface area contributed by atoms with Crippen LogP contribution in [0.15, 0.2) is 41.3 Å². The number of rotatable bonds is 5. The van der Waals surface area contributed by atoms with Crippen LogP contribution in [0, 0.1) is 23.5 Å². The quantitative estimate of drug-likeness (QED) is 0.609. The second-order valence-corrected chi connectivity index (χ2v) is 11.7. The number of hydrogen-bond donors (Lipinski definition) is 2. The molecule has 3 aliphatic rings. The van der Waals surface area contributed by atoms with Crippen LogP contribution in [-0.2, 0) is 14.6 Å². The van der Waals surface area contributed by atoms with Crippen molar-refractivity contribution in [3.05, 3.63) is 58.6 Å². The van der Waals surface area contributed by atoms with Gasteiger partial charge in [-0.25, -0.2) is 17.2 Å². The molecule has 2 aliphatic carbocycles. The molecule has 2 bridgehead atoms. The number of aliphatic hydroxyl groups is 1. The molecule has 1 heterocycles. The molecular weight excluding hydrogens is 476 g/mol. The molecule has 1 saturated heterocycles. The molecule has 0 spiro atoms. The fourth-order valence-corrected chi connectivity index (χ4v) is 7.86. The van der Waals surface area contributed by atoms with Crippen molar-refractivity contribution in [2.75, 3.05) is 11.9 Å². The summed E-state index contributed by atoms with van der Waals surface area (Å²) in [6.45, 7) is 0.502. The van der Waals surface area contributed by atoms with Crippen LogP contribution in [0.25, 0.3) is 0 Å². The van der Waals surface area contributed by atoms with Gasteiger partial charge in [0.15, 0.2) is 21.5 Å². The number of halogens is 3. The van der Waals surface area contributed by atoms with E-state index in [1.807, 2.05) is 0 Å². The van der Waals surface area contributed by atoms with E-state index in [9.17, 15) is 27.1 Å². The molecule has 0 radical (unpaired) electrons. The molecule has 2 N–H and O–H groups in total. The zero-order chi connectivity index (χ0) is 23.5. The smallest absolute Gasteiger partial charge is 0.255 e. The molecule has 33 heavy (non-hydrogen) atoms. The SMILES string of the molecule is O=C(Nc1ccc(F)c(F)c1)c1ccc(Cl)c(S(=O)(=O)[C@@H]2CC3CC[C@@H](C2)[C@@]3(O)C2CO2)c1. The van der Waals surface area contributed by atoms with Gasteiger partial charge in [-0.3, -0.25) is 4.79 Å². The Bertz CT molecular complexity index is 1220. The average Bonchev–Trinajstić information content (AvgIpc) is 3.60. The number of fused-ring (bicyclic) bond motifs is 2. The van der Waals surface area contributed by atoms with Crippen molar-refractivity contribution in [2.24, 2.45) is 11.8 Å². The lowest BCUT2D eigenvalue weighted by atomic mass is 9.72. The molecule has 2 aromatic carbocycles. The van der Waals surface area contributed by atoms with E-state index in [0.29, 0.717) is 19.4 Å². The first-order valence-electron chi connectivity index (χ1n) is 10.7. The lowest BCUT2D eigenvalue weighted by Gasteiger charge is -2.41. The molecule has 176 valence electrons. The Morgan fingerprint density at radius 3 is 2.36 bits per heavy atom. The van der Waals surface area contributed by atoms with Gasteiger partial charge < -0.3 is 15.2 Å². The zero-order valence-electron chi connectivity index (χ0n) is 17.4. The first-order valence-corrected chi connectivity index (χ1v) is 12.7. The van der Waals surface area contributed by atoms with Crippen LogP contribution in [0.1, 0.15) is 36.0 Å². The van der Waals surface area contributed by atoms with E-state index in [1.54, 1.807) is 0 Å². The van der Waals surface area contributed by atoms with Gasteiger partial charge in [0.2, 0.25) is 0 Å². The molecule has 2 unspecified atom stereocenters. The highest BCUT2D eigenvalue weighted by atomic mass is 35.5. The van der Waals surface area contributed by atoms with Crippen molar-refractivity contribution in [3.63, 3.8) is 0 Å². The highest BCUT2D eigenvalue weighted by Crippen LogP contribution is 2.56. The van der Waals surface area contributed by atoms with Crippen molar-refractivity contribution in [1.82, 2.24) is 0 Å². The largest absolute Gasteiger partial charge is 0.387 e. The van der Waals surface area contributed by atoms with E-state index in [0.717, 1.165) is 25.0 Å². The third-order valence-corrected chi connectivity index (χ3v) is 9.89. The van der Waals surface area contributed by atoms with Crippen molar-refractivity contribution < 1.29 is 31.8 Å². The number of carbonyl (C=O) groups is 1. The van der Waals surface area contributed by atoms with Crippen molar-refractivity contribution in [2.45, 2.75) is 47.5 Å². The molecule has 5 rings (SSSR count). The van der Waals surface area contributed by atoms with Crippen molar-refractivity contribution in [1.29, 1.82) is 0 Å². The number of amides is 1. The van der Waals surface area contributed by atoms with E-state index in [-0.39, 0.29) is 39.1 Å². The zero-order valence-corrected chi connectivity index (χ0v) is 19.0. The van der Waals surface area contributed by atoms with Crippen LogP contribution >= 0.6 is 11.6 Å². The molecule has 2 saturated carbocycles. The van der Waals surface area contributed by atoms with E-state index in [1.165, 1.54) is 24.3 Å². The Kier molecular flexibility index (Phi) is 5.51. The van der Waals surface area contributed by atoms with Gasteiger partial charge in [0.1, 0.15) is 6.10 Å². The van der Waals surface area contributed by atoms with E-state index in [2.05, 4.69) is 5.32 Å². The number of hydrogen-bond acceptors (Lipinski definition) is 5. The van der Waals surface area contributed by atoms with Gasteiger partial charge in [-0.15, -0.1) is 0 Å². The summed E-state index contributed by atoms with van der Waals surface area (Å²) in [5.74, 6) is -3.17. The summed E-state index contributed by atoms with van der Waals surface area (Å²) < 4.78 is 59.0. The Morgan fingerprint density at radius 2 is 1.76 bits per heavy atom. The summed E-state index contributed by atoms with van der Waals surface area (Å²) in [5, 5.41) is 12.9. The minimum Gasteiger partial charge on any atom is -0.387 e. The van der Waals surface area contributed by atoms with Crippen LogP contribution in [0.4, 0.5) is 14.5 Å². The van der Waals surface area contributed by atoms with E-state index < -0.39 is 38.2 Å². The fourth-order valence-electron chi connectivity index (χ4n) is 5.46. The number of anilines is 1. The van der Waals surface area contributed by atoms with Gasteiger partial charge in [-0.2, -0.15) is 0 Å². The topological polar surface area (TPSA) is 96.0 Å². The molecular formula is C23H22ClF2NO5S. The Balaban J connectivity index is 1.39. The summed E-state index contributed by atoms with van der Waals surface area (Å²) in [4.78, 5) is 12.5. The van der Waals surface area contributed by atoms with Gasteiger partial charge in [0.25, 0.3) is 5.91 Å². The Morgan fingerprint density at radius 1 is 1.09 bits per heavy atom. The number of ether oxygens (including phenoxy) is 1. The monoisotopic (exact) mass is 497 g/mol. The Labute approximate surface area is 194 Å². The second-order valence-electron chi connectivity index (χ2n) is 9.05. The number of benzene rings is 2. The number of epoxide rings is 1. The first kappa shape index (κ1) is 22.7. The highest BCUT2D eigenvalue weighted by Gasteiger charge is 2.62. The summed E-state index contributed by atoms with van der Waals surface area (Å²) in [7, 11) is -3.89. The maximum atomic E-state index is 13.5. The third kappa shape index (κ3) is 3.84. The number of carbonyl (C=O) groups excluding carboxylic acids is 1. The lowest BCUT2D eigenvalue weighted by molar-refractivity contribution is -0.0779. The predicted octanol–water partition coefficient (Wildman–Crippen LogP) is 3.96. The standard InChI is InChI=1S/C23H22ClF2NO5S/c24-17-5-1-12(22(28)27-15-4-6-18(25)19(26)10-15)7-20(17)33(30,31)16-8-13-2-3-14(9-16)23(13,29)21-11-32-21/h1,4-7,10,13-14,16,21,29H,2-3,8-9,11H2,(H,27,28)/t13-,14?,16-,21?,23-/m0/s1. The molecule has 1 aliphatic heterocycles. The van der Waals surface area contributed by atoms with E-state index >= 15 is 0 Å². The first-order chi connectivity index (χ1) is 15.6. The number of sulfone groups is 1. The molecule has 2 aromatic rings. The van der Waals surface area contributed by atoms with Gasteiger partial charge in [-0.05, 0) is 67.9 Å². The minimum absolute atomic E-state index is 0.00177. The molecule has 3 fully saturated rings. The van der Waals surface area contributed by atoms with Crippen molar-refractivity contribution in [3.8, 4) is 0 Å². The van der Waals surface area contributed by atoms with Crippen LogP contribution in [0.3, 0.4) is 0 Å². The van der Waals surface area contributed by atoms with Gasteiger partial charge in [-0.1, -0.05) is 11.6 Å². The maximum Gasteiger partial charge on any atom is 0.255 e. The van der Waals surface area contributed by atoms with Crippen LogP contribution in [-0.4, -0.2) is 43.0 Å². The predicted molar refractivity (Wildman–Crippen MR) is 117 cm³/mol. The summed E-state index contributed by atoms with van der Waals surface area (Å²) in [5.41, 5.74) is -0.921. The molecule has 6 nitrogen and oxygen atoms in total. The van der Waals surface area contributed by atoms with Gasteiger partial charge in [0.05, 0.1) is 27.4 Å². The normalized spacial score (nSPS) is 30.8.